The largest absolute Gasteiger partial charge is 0.490 e. The highest BCUT2D eigenvalue weighted by Crippen LogP contribution is 2.36. The summed E-state index contributed by atoms with van der Waals surface area (Å²) in [5.74, 6) is 0.309. The van der Waals surface area contributed by atoms with Gasteiger partial charge in [-0.15, -0.1) is 0 Å². The van der Waals surface area contributed by atoms with Gasteiger partial charge in [0.1, 0.15) is 6.61 Å². The van der Waals surface area contributed by atoms with Crippen molar-refractivity contribution in [3.63, 3.8) is 0 Å². The number of amides is 1. The van der Waals surface area contributed by atoms with Crippen molar-refractivity contribution in [3.05, 3.63) is 97.2 Å². The normalized spacial score (nSPS) is 14.7. The number of carbonyl (C=O) groups excluding carboxylic acids is 2. The van der Waals surface area contributed by atoms with Crippen molar-refractivity contribution in [1.82, 2.24) is 4.57 Å². The predicted molar refractivity (Wildman–Crippen MR) is 154 cm³/mol. The zero-order valence-corrected chi connectivity index (χ0v) is 23.7. The minimum absolute atomic E-state index is 0.165. The number of benzene rings is 2. The van der Waals surface area contributed by atoms with E-state index < -0.39 is 12.0 Å². The van der Waals surface area contributed by atoms with Crippen LogP contribution in [0.4, 0.5) is 5.69 Å². The van der Waals surface area contributed by atoms with Crippen LogP contribution in [-0.2, 0) is 14.3 Å². The number of fused-ring (bicyclic) bond motifs is 1. The molecule has 0 fully saturated rings. The standard InChI is InChI=1S/C30H31N3O6S/c1-6-15-39-23-14-11-21(17-24(23)37-7-2)27-26(29(36)38-8-3)18(4)31-30-33(27)28(35)25(40-30)16-20-9-12-22(13-10-20)32-19(5)34/h6,9-14,16-17,27H,1,7-8,15H2,2-5H3,(H,32,34). The number of hydrogen-bond donors (Lipinski definition) is 1. The average Bonchev–Trinajstić information content (AvgIpc) is 3.22. The summed E-state index contributed by atoms with van der Waals surface area (Å²) in [6.07, 6.45) is 3.40. The Labute approximate surface area is 235 Å². The van der Waals surface area contributed by atoms with Crippen molar-refractivity contribution in [1.29, 1.82) is 0 Å². The molecular formula is C30H31N3O6S. The van der Waals surface area contributed by atoms with Crippen molar-refractivity contribution in [2.45, 2.75) is 33.7 Å². The van der Waals surface area contributed by atoms with Crippen LogP contribution in [-0.4, -0.2) is 36.3 Å². The number of nitrogens with zero attached hydrogens (tertiary/aromatic N) is 2. The van der Waals surface area contributed by atoms with Crippen molar-refractivity contribution < 1.29 is 23.8 Å². The van der Waals surface area contributed by atoms with Crippen LogP contribution in [0.3, 0.4) is 0 Å². The number of esters is 1. The Morgan fingerprint density at radius 1 is 1.10 bits per heavy atom. The van der Waals surface area contributed by atoms with E-state index in [1.165, 1.54) is 22.8 Å². The predicted octanol–water partition coefficient (Wildman–Crippen LogP) is 3.72. The lowest BCUT2D eigenvalue weighted by Gasteiger charge is -2.25. The topological polar surface area (TPSA) is 108 Å². The van der Waals surface area contributed by atoms with Gasteiger partial charge in [-0.05, 0) is 62.2 Å². The molecule has 208 valence electrons. The number of hydrogen-bond acceptors (Lipinski definition) is 8. The number of nitrogens with one attached hydrogen (secondary N) is 1. The molecule has 0 bridgehead atoms. The lowest BCUT2D eigenvalue weighted by molar-refractivity contribution is -0.139. The molecule has 1 aliphatic rings. The monoisotopic (exact) mass is 561 g/mol. The quantitative estimate of drug-likeness (QED) is 0.299. The van der Waals surface area contributed by atoms with Crippen LogP contribution < -0.4 is 29.7 Å². The number of allylic oxidation sites excluding steroid dienone is 1. The molecule has 0 saturated carbocycles. The zero-order chi connectivity index (χ0) is 28.8. The van der Waals surface area contributed by atoms with Crippen molar-refractivity contribution in [2.24, 2.45) is 4.99 Å². The Morgan fingerprint density at radius 3 is 2.50 bits per heavy atom. The third-order valence-corrected chi connectivity index (χ3v) is 6.97. The first-order chi connectivity index (χ1) is 19.3. The lowest BCUT2D eigenvalue weighted by Crippen LogP contribution is -2.40. The Bertz CT molecular complexity index is 1650. The fraction of sp³-hybridized carbons (Fsp3) is 0.267. The van der Waals surface area contributed by atoms with Crippen LogP contribution in [0.2, 0.25) is 0 Å². The van der Waals surface area contributed by atoms with Crippen LogP contribution in [0.25, 0.3) is 6.08 Å². The second-order valence-electron chi connectivity index (χ2n) is 8.84. The molecular weight excluding hydrogens is 530 g/mol. The van der Waals surface area contributed by atoms with Crippen molar-refractivity contribution in [3.8, 4) is 11.5 Å². The number of thiazole rings is 1. The minimum atomic E-state index is -0.785. The summed E-state index contributed by atoms with van der Waals surface area (Å²) in [6.45, 7) is 11.3. The highest BCUT2D eigenvalue weighted by atomic mass is 32.1. The summed E-state index contributed by atoms with van der Waals surface area (Å²) in [4.78, 5) is 43.4. The van der Waals surface area contributed by atoms with Gasteiger partial charge in [-0.25, -0.2) is 9.79 Å². The van der Waals surface area contributed by atoms with Gasteiger partial charge in [0.05, 0.1) is 35.1 Å². The molecule has 0 radical (unpaired) electrons. The third-order valence-electron chi connectivity index (χ3n) is 5.99. The van der Waals surface area contributed by atoms with Gasteiger partial charge < -0.3 is 19.5 Å². The van der Waals surface area contributed by atoms with E-state index in [-0.39, 0.29) is 23.6 Å². The van der Waals surface area contributed by atoms with E-state index in [1.54, 1.807) is 56.3 Å². The van der Waals surface area contributed by atoms with Gasteiger partial charge in [-0.2, -0.15) is 0 Å². The van der Waals surface area contributed by atoms with Crippen LogP contribution >= 0.6 is 11.3 Å². The molecule has 10 heteroatoms. The molecule has 9 nitrogen and oxygen atoms in total. The highest BCUT2D eigenvalue weighted by Gasteiger charge is 2.34. The second-order valence-corrected chi connectivity index (χ2v) is 9.85. The molecule has 3 aromatic rings. The first kappa shape index (κ1) is 28.6. The molecule has 1 aromatic heterocycles. The SMILES string of the molecule is C=CCOc1ccc(C2C(C(=O)OCC)=C(C)N=c3sc(=Cc4ccc(NC(C)=O)cc4)c(=O)n32)cc1OCC. The minimum Gasteiger partial charge on any atom is -0.490 e. The van der Waals surface area contributed by atoms with E-state index in [2.05, 4.69) is 16.9 Å². The fourth-order valence-corrected chi connectivity index (χ4v) is 5.40. The smallest absolute Gasteiger partial charge is 0.338 e. The Morgan fingerprint density at radius 2 is 1.85 bits per heavy atom. The Hall–Kier alpha value is -4.44. The van der Waals surface area contributed by atoms with Crippen LogP contribution in [0, 0.1) is 0 Å². The van der Waals surface area contributed by atoms with Gasteiger partial charge in [-0.3, -0.25) is 14.2 Å². The summed E-state index contributed by atoms with van der Waals surface area (Å²) >= 11 is 1.23. The Kier molecular flexibility index (Phi) is 9.00. The molecule has 2 heterocycles. The molecule has 4 rings (SSSR count). The van der Waals surface area contributed by atoms with E-state index >= 15 is 0 Å². The van der Waals surface area contributed by atoms with Gasteiger partial charge in [0.15, 0.2) is 16.3 Å². The maximum Gasteiger partial charge on any atom is 0.338 e. The third kappa shape index (κ3) is 6.07. The maximum absolute atomic E-state index is 13.8. The van der Waals surface area contributed by atoms with Gasteiger partial charge in [0, 0.05) is 12.6 Å². The molecule has 0 spiro atoms. The molecule has 1 atom stereocenters. The number of ether oxygens (including phenoxy) is 3. The van der Waals surface area contributed by atoms with Crippen LogP contribution in [0.1, 0.15) is 44.9 Å². The van der Waals surface area contributed by atoms with Gasteiger partial charge in [0.2, 0.25) is 5.91 Å². The van der Waals surface area contributed by atoms with Gasteiger partial charge in [-0.1, -0.05) is 42.2 Å². The van der Waals surface area contributed by atoms with E-state index in [1.807, 2.05) is 19.1 Å². The van der Waals surface area contributed by atoms with Crippen molar-refractivity contribution >= 4 is 35.0 Å². The molecule has 0 aliphatic carbocycles. The molecule has 2 aromatic carbocycles. The van der Waals surface area contributed by atoms with E-state index in [9.17, 15) is 14.4 Å². The average molecular weight is 562 g/mol. The number of anilines is 1. The van der Waals surface area contributed by atoms with Gasteiger partial charge in [0.25, 0.3) is 5.56 Å². The first-order valence-electron chi connectivity index (χ1n) is 12.8. The zero-order valence-electron chi connectivity index (χ0n) is 22.9. The number of rotatable bonds is 10. The maximum atomic E-state index is 13.8. The summed E-state index contributed by atoms with van der Waals surface area (Å²) < 4.78 is 18.9. The highest BCUT2D eigenvalue weighted by molar-refractivity contribution is 7.07. The summed E-state index contributed by atoms with van der Waals surface area (Å²) in [5.41, 5.74) is 2.55. The first-order valence-corrected chi connectivity index (χ1v) is 13.7. The molecule has 1 unspecified atom stereocenters. The fourth-order valence-electron chi connectivity index (χ4n) is 4.36. The van der Waals surface area contributed by atoms with Crippen molar-refractivity contribution in [2.75, 3.05) is 25.1 Å². The molecule has 0 saturated heterocycles. The molecule has 1 aliphatic heterocycles. The lowest BCUT2D eigenvalue weighted by atomic mass is 9.95. The summed E-state index contributed by atoms with van der Waals surface area (Å²) in [5, 5.41) is 2.73. The number of carbonyl (C=O) groups is 2. The summed E-state index contributed by atoms with van der Waals surface area (Å²) in [6, 6.07) is 11.7. The second kappa shape index (κ2) is 12.6. The Balaban J connectivity index is 1.88. The van der Waals surface area contributed by atoms with Crippen LogP contribution in [0.5, 0.6) is 11.5 Å². The number of aromatic nitrogens is 1. The molecule has 1 amide bonds. The molecule has 1 N–H and O–H groups in total. The van der Waals surface area contributed by atoms with E-state index in [0.717, 1.165) is 5.56 Å². The van der Waals surface area contributed by atoms with Crippen LogP contribution in [0.15, 0.2) is 76.2 Å². The molecule has 40 heavy (non-hydrogen) atoms. The van der Waals surface area contributed by atoms with Gasteiger partial charge >= 0.3 is 5.97 Å². The summed E-state index contributed by atoms with van der Waals surface area (Å²) in [7, 11) is 0. The van der Waals surface area contributed by atoms with E-state index in [0.29, 0.717) is 51.0 Å². The van der Waals surface area contributed by atoms with E-state index in [4.69, 9.17) is 14.2 Å².